The van der Waals surface area contributed by atoms with Crippen LogP contribution in [-0.4, -0.2) is 18.7 Å². The molecule has 0 spiro atoms. The van der Waals surface area contributed by atoms with Crippen LogP contribution < -0.4 is 4.74 Å². The molecule has 0 radical (unpaired) electrons. The van der Waals surface area contributed by atoms with Gasteiger partial charge in [0.25, 0.3) is 0 Å². The molecule has 0 aliphatic heterocycles. The molecule has 18 heavy (non-hydrogen) atoms. The summed E-state index contributed by atoms with van der Waals surface area (Å²) in [5, 5.41) is 0. The molecule has 0 atom stereocenters. The molecule has 0 unspecified atom stereocenters. The van der Waals surface area contributed by atoms with E-state index >= 15 is 0 Å². The Bertz CT molecular complexity index is 427. The number of esters is 1. The lowest BCUT2D eigenvalue weighted by Gasteiger charge is -2.26. The van der Waals surface area contributed by atoms with Crippen molar-refractivity contribution in [3.05, 3.63) is 29.3 Å². The minimum absolute atomic E-state index is 0.274. The summed E-state index contributed by atoms with van der Waals surface area (Å²) in [6, 6.07) is 5.36. The normalized spacial score (nSPS) is 15.0. The first kappa shape index (κ1) is 13.2. The van der Waals surface area contributed by atoms with Crippen molar-refractivity contribution in [2.75, 3.05) is 6.61 Å². The second kappa shape index (κ2) is 6.10. The summed E-state index contributed by atoms with van der Waals surface area (Å²) in [5.74, 6) is 0.725. The maximum Gasteiger partial charge on any atom is 0.338 e. The highest BCUT2D eigenvalue weighted by molar-refractivity contribution is 6.17. The SMILES string of the molecule is CCOC(=O)c1ccc(OC2CCC2)cc1CCl. The van der Waals surface area contributed by atoms with Gasteiger partial charge in [0.05, 0.1) is 18.3 Å². The topological polar surface area (TPSA) is 35.5 Å². The second-order valence-corrected chi connectivity index (χ2v) is 4.61. The third-order valence-electron chi connectivity index (χ3n) is 3.07. The number of carbonyl (C=O) groups excluding carboxylic acids is 1. The zero-order valence-electron chi connectivity index (χ0n) is 10.4. The Balaban J connectivity index is 2.13. The molecule has 3 nitrogen and oxygen atoms in total. The smallest absolute Gasteiger partial charge is 0.338 e. The van der Waals surface area contributed by atoms with Gasteiger partial charge in [-0.3, -0.25) is 0 Å². The summed E-state index contributed by atoms with van der Waals surface area (Å²) < 4.78 is 10.8. The third-order valence-corrected chi connectivity index (χ3v) is 3.36. The fourth-order valence-corrected chi connectivity index (χ4v) is 2.06. The minimum Gasteiger partial charge on any atom is -0.490 e. The molecule has 1 fully saturated rings. The van der Waals surface area contributed by atoms with Crippen molar-refractivity contribution in [3.8, 4) is 5.75 Å². The van der Waals surface area contributed by atoms with Crippen molar-refractivity contribution in [1.82, 2.24) is 0 Å². The summed E-state index contributed by atoms with van der Waals surface area (Å²) in [6.45, 7) is 2.15. The highest BCUT2D eigenvalue weighted by Gasteiger charge is 2.20. The van der Waals surface area contributed by atoms with Crippen molar-refractivity contribution >= 4 is 17.6 Å². The van der Waals surface area contributed by atoms with Crippen LogP contribution in [-0.2, 0) is 10.6 Å². The van der Waals surface area contributed by atoms with Gasteiger partial charge in [-0.2, -0.15) is 0 Å². The van der Waals surface area contributed by atoms with Crippen LogP contribution in [0.4, 0.5) is 0 Å². The average molecular weight is 269 g/mol. The van der Waals surface area contributed by atoms with E-state index in [-0.39, 0.29) is 11.8 Å². The van der Waals surface area contributed by atoms with Gasteiger partial charge in [0.2, 0.25) is 0 Å². The highest BCUT2D eigenvalue weighted by Crippen LogP contribution is 2.27. The number of hydrogen-bond acceptors (Lipinski definition) is 3. The number of alkyl halides is 1. The molecule has 1 aliphatic rings. The van der Waals surface area contributed by atoms with Crippen LogP contribution >= 0.6 is 11.6 Å². The lowest BCUT2D eigenvalue weighted by molar-refractivity contribution is 0.0525. The van der Waals surface area contributed by atoms with Gasteiger partial charge in [0.1, 0.15) is 5.75 Å². The van der Waals surface area contributed by atoms with Gasteiger partial charge in [0, 0.05) is 5.88 Å². The molecule has 1 saturated carbocycles. The number of halogens is 1. The fraction of sp³-hybridized carbons (Fsp3) is 0.500. The Morgan fingerprint density at radius 3 is 2.78 bits per heavy atom. The number of benzene rings is 1. The lowest BCUT2D eigenvalue weighted by Crippen LogP contribution is -2.24. The van der Waals surface area contributed by atoms with Gasteiger partial charge in [-0.05, 0) is 49.9 Å². The molecule has 2 rings (SSSR count). The van der Waals surface area contributed by atoms with Gasteiger partial charge >= 0.3 is 5.97 Å². The first-order valence-electron chi connectivity index (χ1n) is 6.27. The molecule has 0 aromatic heterocycles. The highest BCUT2D eigenvalue weighted by atomic mass is 35.5. The van der Waals surface area contributed by atoms with E-state index in [1.54, 1.807) is 19.1 Å². The maximum atomic E-state index is 11.7. The van der Waals surface area contributed by atoms with E-state index in [1.807, 2.05) is 6.07 Å². The van der Waals surface area contributed by atoms with E-state index < -0.39 is 0 Å². The van der Waals surface area contributed by atoms with Crippen LogP contribution in [0.1, 0.15) is 42.1 Å². The van der Waals surface area contributed by atoms with Gasteiger partial charge in [0.15, 0.2) is 0 Å². The Morgan fingerprint density at radius 2 is 2.22 bits per heavy atom. The van der Waals surface area contributed by atoms with E-state index in [4.69, 9.17) is 21.1 Å². The van der Waals surface area contributed by atoms with Gasteiger partial charge in [-0.25, -0.2) is 4.79 Å². The summed E-state index contributed by atoms with van der Waals surface area (Å²) in [6.07, 6.45) is 3.77. The maximum absolute atomic E-state index is 11.7. The van der Waals surface area contributed by atoms with Crippen LogP contribution in [0.3, 0.4) is 0 Å². The summed E-state index contributed by atoms with van der Waals surface area (Å²) in [7, 11) is 0. The quantitative estimate of drug-likeness (QED) is 0.605. The number of rotatable bonds is 5. The van der Waals surface area contributed by atoms with Crippen LogP contribution in [0.15, 0.2) is 18.2 Å². The molecule has 4 heteroatoms. The lowest BCUT2D eigenvalue weighted by atomic mass is 9.96. The second-order valence-electron chi connectivity index (χ2n) is 4.34. The van der Waals surface area contributed by atoms with Crippen LogP contribution in [0.5, 0.6) is 5.75 Å². The number of ether oxygens (including phenoxy) is 2. The molecular formula is C14H17ClO3. The molecule has 0 bridgehead atoms. The first-order valence-corrected chi connectivity index (χ1v) is 6.80. The molecule has 0 saturated heterocycles. The molecule has 1 aliphatic carbocycles. The Hall–Kier alpha value is -1.22. The van der Waals surface area contributed by atoms with Crippen molar-refractivity contribution < 1.29 is 14.3 Å². The molecule has 1 aromatic rings. The zero-order chi connectivity index (χ0) is 13.0. The van der Waals surface area contributed by atoms with E-state index in [0.29, 0.717) is 18.3 Å². The summed E-state index contributed by atoms with van der Waals surface area (Å²) >= 11 is 5.87. The average Bonchev–Trinajstić information content (AvgIpc) is 2.33. The Labute approximate surface area is 112 Å². The van der Waals surface area contributed by atoms with Crippen LogP contribution in [0.2, 0.25) is 0 Å². The fourth-order valence-electron chi connectivity index (χ4n) is 1.84. The molecule has 1 aromatic carbocycles. The first-order chi connectivity index (χ1) is 8.74. The predicted molar refractivity (Wildman–Crippen MR) is 70.2 cm³/mol. The van der Waals surface area contributed by atoms with E-state index in [0.717, 1.165) is 24.2 Å². The molecule has 0 amide bonds. The number of carbonyl (C=O) groups is 1. The standard InChI is InChI=1S/C14H17ClO3/c1-2-17-14(16)13-7-6-12(8-10(13)9-15)18-11-4-3-5-11/h6-8,11H,2-5,9H2,1H3. The molecular weight excluding hydrogens is 252 g/mol. The minimum atomic E-state index is -0.330. The van der Waals surface area contributed by atoms with Crippen LogP contribution in [0, 0.1) is 0 Å². The molecule has 0 heterocycles. The van der Waals surface area contributed by atoms with Crippen LogP contribution in [0.25, 0.3) is 0 Å². The van der Waals surface area contributed by atoms with E-state index in [2.05, 4.69) is 0 Å². The monoisotopic (exact) mass is 268 g/mol. The predicted octanol–water partition coefficient (Wildman–Crippen LogP) is 3.53. The molecule has 98 valence electrons. The Kier molecular flexibility index (Phi) is 4.48. The van der Waals surface area contributed by atoms with Gasteiger partial charge in [-0.15, -0.1) is 11.6 Å². The van der Waals surface area contributed by atoms with Crippen molar-refractivity contribution in [1.29, 1.82) is 0 Å². The van der Waals surface area contributed by atoms with E-state index in [9.17, 15) is 4.79 Å². The van der Waals surface area contributed by atoms with Gasteiger partial charge < -0.3 is 9.47 Å². The van der Waals surface area contributed by atoms with Gasteiger partial charge in [-0.1, -0.05) is 0 Å². The van der Waals surface area contributed by atoms with Crippen molar-refractivity contribution in [2.45, 2.75) is 38.2 Å². The summed E-state index contributed by atoms with van der Waals surface area (Å²) in [4.78, 5) is 11.7. The number of hydrogen-bond donors (Lipinski definition) is 0. The zero-order valence-corrected chi connectivity index (χ0v) is 11.2. The summed E-state index contributed by atoms with van der Waals surface area (Å²) in [5.41, 5.74) is 1.28. The van der Waals surface area contributed by atoms with Crippen molar-refractivity contribution in [3.63, 3.8) is 0 Å². The van der Waals surface area contributed by atoms with E-state index in [1.165, 1.54) is 6.42 Å². The van der Waals surface area contributed by atoms with Crippen molar-refractivity contribution in [2.24, 2.45) is 0 Å². The Morgan fingerprint density at radius 1 is 1.44 bits per heavy atom. The third kappa shape index (κ3) is 2.96. The largest absolute Gasteiger partial charge is 0.490 e. The molecule has 0 N–H and O–H groups in total.